The van der Waals surface area contributed by atoms with Crippen LogP contribution in [0.25, 0.3) is 0 Å². The van der Waals surface area contributed by atoms with Gasteiger partial charge in [-0.1, -0.05) is 6.07 Å². The number of piperidine rings is 1. The summed E-state index contributed by atoms with van der Waals surface area (Å²) in [5, 5.41) is 0. The molecule has 0 saturated carbocycles. The van der Waals surface area contributed by atoms with Gasteiger partial charge in [0.2, 0.25) is 11.8 Å². The molecular formula is C18H23F2N3O2. The molecule has 2 N–H and O–H groups in total. The Morgan fingerprint density at radius 3 is 2.56 bits per heavy atom. The predicted molar refractivity (Wildman–Crippen MR) is 88.3 cm³/mol. The molecule has 2 heterocycles. The maximum Gasteiger partial charge on any atom is 0.234 e. The Balaban J connectivity index is 1.63. The molecule has 7 heteroatoms. The molecule has 5 nitrogen and oxygen atoms in total. The molecule has 2 fully saturated rings. The molecule has 0 bridgehead atoms. The zero-order chi connectivity index (χ0) is 18.2. The molecule has 2 amide bonds. The molecule has 2 saturated heterocycles. The van der Waals surface area contributed by atoms with Gasteiger partial charge in [0.1, 0.15) is 0 Å². The van der Waals surface area contributed by atoms with Crippen LogP contribution in [0.15, 0.2) is 18.2 Å². The van der Waals surface area contributed by atoms with Crippen LogP contribution in [-0.2, 0) is 16.1 Å². The average Bonchev–Trinajstić information content (AvgIpc) is 2.86. The maximum absolute atomic E-state index is 13.4. The zero-order valence-electron chi connectivity index (χ0n) is 14.3. The topological polar surface area (TPSA) is 66.6 Å². The molecule has 2 aliphatic rings. The molecule has 3 rings (SSSR count). The van der Waals surface area contributed by atoms with Gasteiger partial charge in [0, 0.05) is 19.5 Å². The fraction of sp³-hybridized carbons (Fsp3) is 0.556. The summed E-state index contributed by atoms with van der Waals surface area (Å²) in [7, 11) is 0. The lowest BCUT2D eigenvalue weighted by Crippen LogP contribution is -2.49. The first-order valence-corrected chi connectivity index (χ1v) is 8.55. The van der Waals surface area contributed by atoms with Gasteiger partial charge >= 0.3 is 0 Å². The van der Waals surface area contributed by atoms with E-state index in [2.05, 4.69) is 4.90 Å². The number of nitrogens with two attached hydrogens (primary N) is 1. The quantitative estimate of drug-likeness (QED) is 0.897. The van der Waals surface area contributed by atoms with E-state index in [-0.39, 0.29) is 23.3 Å². The number of halogens is 2. The highest BCUT2D eigenvalue weighted by Crippen LogP contribution is 2.41. The van der Waals surface area contributed by atoms with Crippen LogP contribution in [0.2, 0.25) is 0 Å². The number of nitrogens with zero attached hydrogens (tertiary/aromatic N) is 2. The van der Waals surface area contributed by atoms with Crippen molar-refractivity contribution < 1.29 is 18.4 Å². The second-order valence-corrected chi connectivity index (χ2v) is 7.29. The Labute approximate surface area is 145 Å². The molecule has 1 aromatic rings. The van der Waals surface area contributed by atoms with E-state index in [0.29, 0.717) is 25.1 Å². The van der Waals surface area contributed by atoms with Crippen molar-refractivity contribution >= 4 is 11.8 Å². The van der Waals surface area contributed by atoms with E-state index in [0.717, 1.165) is 38.1 Å². The Morgan fingerprint density at radius 1 is 1.28 bits per heavy atom. The van der Waals surface area contributed by atoms with E-state index in [9.17, 15) is 18.4 Å². The smallest absolute Gasteiger partial charge is 0.234 e. The molecule has 1 atom stereocenters. The van der Waals surface area contributed by atoms with E-state index in [4.69, 9.17) is 5.73 Å². The van der Waals surface area contributed by atoms with Crippen molar-refractivity contribution in [3.05, 3.63) is 35.4 Å². The highest BCUT2D eigenvalue weighted by molar-refractivity contribution is 5.80. The van der Waals surface area contributed by atoms with Crippen molar-refractivity contribution in [3.63, 3.8) is 0 Å². The minimum atomic E-state index is -0.896. The number of carbonyl (C=O) groups excluding carboxylic acids is 2. The molecule has 0 radical (unpaired) electrons. The van der Waals surface area contributed by atoms with Gasteiger partial charge in [0.25, 0.3) is 0 Å². The van der Waals surface area contributed by atoms with E-state index >= 15 is 0 Å². The van der Waals surface area contributed by atoms with Gasteiger partial charge in [-0.15, -0.1) is 0 Å². The van der Waals surface area contributed by atoms with Crippen molar-refractivity contribution in [2.75, 3.05) is 19.6 Å². The monoisotopic (exact) mass is 351 g/mol. The van der Waals surface area contributed by atoms with Crippen LogP contribution in [0.5, 0.6) is 0 Å². The first kappa shape index (κ1) is 17.8. The lowest BCUT2D eigenvalue weighted by molar-refractivity contribution is -0.128. The molecule has 2 aliphatic heterocycles. The van der Waals surface area contributed by atoms with E-state index < -0.39 is 11.6 Å². The third kappa shape index (κ3) is 3.66. The Hall–Kier alpha value is -2.02. The molecule has 0 aromatic heterocycles. The number of likely N-dealkylation sites (tertiary alicyclic amines) is 2. The summed E-state index contributed by atoms with van der Waals surface area (Å²) in [6, 6.07) is 3.44. The molecule has 1 aromatic carbocycles. The van der Waals surface area contributed by atoms with Crippen LogP contribution >= 0.6 is 0 Å². The maximum atomic E-state index is 13.4. The number of hydrogen-bond donors (Lipinski definition) is 1. The van der Waals surface area contributed by atoms with Gasteiger partial charge in [-0.25, -0.2) is 8.78 Å². The van der Waals surface area contributed by atoms with Crippen molar-refractivity contribution in [2.45, 2.75) is 38.8 Å². The van der Waals surface area contributed by atoms with Crippen LogP contribution in [0.1, 0.15) is 31.7 Å². The average molecular weight is 351 g/mol. The standard InChI is InChI=1S/C18H23F2N3O2/c1-12(17(21)25)22-6-4-18(5-7-22)9-16(24)23(11-18)10-13-2-3-14(19)15(20)8-13/h2-3,8,12H,4-7,9-11H2,1H3,(H2,21,25)/t12-/m1/s1. The fourth-order valence-corrected chi connectivity index (χ4v) is 3.88. The first-order chi connectivity index (χ1) is 11.8. The lowest BCUT2D eigenvalue weighted by atomic mass is 9.77. The predicted octanol–water partition coefficient (Wildman–Crippen LogP) is 1.65. The minimum Gasteiger partial charge on any atom is -0.368 e. The van der Waals surface area contributed by atoms with Crippen LogP contribution < -0.4 is 5.73 Å². The number of rotatable bonds is 4. The van der Waals surface area contributed by atoms with Gasteiger partial charge in [-0.05, 0) is 56.0 Å². The Bertz CT molecular complexity index is 687. The molecule has 136 valence electrons. The summed E-state index contributed by atoms with van der Waals surface area (Å²) < 4.78 is 26.4. The summed E-state index contributed by atoms with van der Waals surface area (Å²) in [4.78, 5) is 27.5. The van der Waals surface area contributed by atoms with Gasteiger partial charge in [-0.3, -0.25) is 14.5 Å². The second kappa shape index (κ2) is 6.71. The number of carbonyl (C=O) groups is 2. The Kier molecular flexibility index (Phi) is 4.77. The second-order valence-electron chi connectivity index (χ2n) is 7.29. The fourth-order valence-electron chi connectivity index (χ4n) is 3.88. The van der Waals surface area contributed by atoms with E-state index in [1.807, 2.05) is 0 Å². The summed E-state index contributed by atoms with van der Waals surface area (Å²) >= 11 is 0. The largest absolute Gasteiger partial charge is 0.368 e. The number of amides is 2. The van der Waals surface area contributed by atoms with Crippen LogP contribution in [0.3, 0.4) is 0 Å². The van der Waals surface area contributed by atoms with Crippen LogP contribution in [0.4, 0.5) is 8.78 Å². The number of hydrogen-bond acceptors (Lipinski definition) is 3. The molecule has 1 spiro atoms. The highest BCUT2D eigenvalue weighted by atomic mass is 19.2. The van der Waals surface area contributed by atoms with Crippen molar-refractivity contribution in [1.29, 1.82) is 0 Å². The number of benzene rings is 1. The minimum absolute atomic E-state index is 0.0427. The summed E-state index contributed by atoms with van der Waals surface area (Å²) in [6.45, 7) is 4.17. The number of primary amides is 1. The first-order valence-electron chi connectivity index (χ1n) is 8.55. The summed E-state index contributed by atoms with van der Waals surface area (Å²) in [6.07, 6.45) is 2.12. The lowest BCUT2D eigenvalue weighted by Gasteiger charge is -2.40. The third-order valence-electron chi connectivity index (χ3n) is 5.58. The summed E-state index contributed by atoms with van der Waals surface area (Å²) in [5.74, 6) is -2.07. The molecule has 0 unspecified atom stereocenters. The van der Waals surface area contributed by atoms with Crippen molar-refractivity contribution in [2.24, 2.45) is 11.1 Å². The highest BCUT2D eigenvalue weighted by Gasteiger charge is 2.45. The van der Waals surface area contributed by atoms with Gasteiger partial charge in [-0.2, -0.15) is 0 Å². The van der Waals surface area contributed by atoms with Gasteiger partial charge in [0.15, 0.2) is 11.6 Å². The van der Waals surface area contributed by atoms with Crippen molar-refractivity contribution in [1.82, 2.24) is 9.80 Å². The van der Waals surface area contributed by atoms with E-state index in [1.165, 1.54) is 6.07 Å². The van der Waals surface area contributed by atoms with Gasteiger partial charge in [0.05, 0.1) is 6.04 Å². The van der Waals surface area contributed by atoms with Crippen LogP contribution in [0, 0.1) is 17.0 Å². The van der Waals surface area contributed by atoms with Crippen LogP contribution in [-0.4, -0.2) is 47.3 Å². The molecule has 25 heavy (non-hydrogen) atoms. The Morgan fingerprint density at radius 2 is 1.96 bits per heavy atom. The third-order valence-corrected chi connectivity index (χ3v) is 5.58. The zero-order valence-corrected chi connectivity index (χ0v) is 14.3. The van der Waals surface area contributed by atoms with E-state index in [1.54, 1.807) is 11.8 Å². The molecular weight excluding hydrogens is 328 g/mol. The summed E-state index contributed by atoms with van der Waals surface area (Å²) in [5.41, 5.74) is 5.86. The SMILES string of the molecule is C[C@H](C(N)=O)N1CCC2(CC1)CC(=O)N(Cc1ccc(F)c(F)c1)C2. The normalized spacial score (nSPS) is 21.7. The molecule has 0 aliphatic carbocycles. The van der Waals surface area contributed by atoms with Crippen molar-refractivity contribution in [3.8, 4) is 0 Å². The van der Waals surface area contributed by atoms with Gasteiger partial charge < -0.3 is 10.6 Å².